The van der Waals surface area contributed by atoms with Gasteiger partial charge in [0.15, 0.2) is 0 Å². The number of carbonyl (C=O) groups is 2. The summed E-state index contributed by atoms with van der Waals surface area (Å²) in [5.74, 6) is -0.863. The lowest BCUT2D eigenvalue weighted by molar-refractivity contribution is -0.141. The maximum absolute atomic E-state index is 11.6. The molecule has 0 bridgehead atoms. The van der Waals surface area contributed by atoms with Crippen LogP contribution in [0.15, 0.2) is 35.4 Å². The van der Waals surface area contributed by atoms with Crippen molar-refractivity contribution in [1.82, 2.24) is 5.43 Å². The molecule has 1 aromatic carbocycles. The van der Waals surface area contributed by atoms with Crippen molar-refractivity contribution in [2.45, 2.75) is 38.2 Å². The van der Waals surface area contributed by atoms with E-state index < -0.39 is 5.97 Å². The van der Waals surface area contributed by atoms with Crippen LogP contribution in [0.5, 0.6) is 0 Å². The number of benzene rings is 1. The second-order valence-electron chi connectivity index (χ2n) is 4.76. The summed E-state index contributed by atoms with van der Waals surface area (Å²) in [6.45, 7) is 0. The first-order valence-corrected chi connectivity index (χ1v) is 6.85. The zero-order valence-corrected chi connectivity index (χ0v) is 11.2. The van der Waals surface area contributed by atoms with Crippen LogP contribution in [0.25, 0.3) is 0 Å². The van der Waals surface area contributed by atoms with Gasteiger partial charge >= 0.3 is 5.97 Å². The Morgan fingerprint density at radius 1 is 1.15 bits per heavy atom. The van der Waals surface area contributed by atoms with E-state index in [1.807, 2.05) is 6.07 Å². The first kappa shape index (κ1) is 14.2. The molecule has 106 valence electrons. The molecule has 1 aliphatic rings. The van der Waals surface area contributed by atoms with Crippen LogP contribution in [0.4, 0.5) is 0 Å². The molecule has 0 aliphatic heterocycles. The Morgan fingerprint density at radius 3 is 2.55 bits per heavy atom. The van der Waals surface area contributed by atoms with Crippen molar-refractivity contribution >= 4 is 18.1 Å². The Morgan fingerprint density at radius 2 is 1.85 bits per heavy atom. The fraction of sp³-hybridized carbons (Fsp3) is 0.400. The van der Waals surface area contributed by atoms with Crippen LogP contribution in [0.1, 0.15) is 42.5 Å². The summed E-state index contributed by atoms with van der Waals surface area (Å²) in [4.78, 5) is 23.1. The third-order valence-electron chi connectivity index (χ3n) is 3.21. The second-order valence-corrected chi connectivity index (χ2v) is 4.76. The summed E-state index contributed by atoms with van der Waals surface area (Å²) in [6.07, 6.45) is 6.23. The van der Waals surface area contributed by atoms with E-state index in [1.54, 1.807) is 24.3 Å². The molecular formula is C15H18N2O3. The number of rotatable bonds is 4. The topological polar surface area (TPSA) is 67.8 Å². The molecule has 1 saturated carbocycles. The number of nitrogens with one attached hydrogen (secondary N) is 1. The van der Waals surface area contributed by atoms with E-state index in [2.05, 4.69) is 10.5 Å². The van der Waals surface area contributed by atoms with Gasteiger partial charge in [-0.3, -0.25) is 4.79 Å². The van der Waals surface area contributed by atoms with Gasteiger partial charge in [-0.05, 0) is 37.8 Å². The number of hydrogen-bond acceptors (Lipinski definition) is 4. The minimum atomic E-state index is -0.509. The predicted octanol–water partition coefficient (Wildman–Crippen LogP) is 2.28. The standard InChI is InChI=1S/C15H18N2O3/c18-14(20-13-9-5-2-6-10-13)11-16-17-15(19)12-7-3-1-4-8-12/h1,3-4,7-8,11,13H,2,5-6,9-10H2,(H,17,19)/b16-11+. The van der Waals surface area contributed by atoms with Crippen LogP contribution in [-0.2, 0) is 9.53 Å². The smallest absolute Gasteiger partial charge is 0.351 e. The highest BCUT2D eigenvalue weighted by Crippen LogP contribution is 2.19. The van der Waals surface area contributed by atoms with E-state index in [0.29, 0.717) is 5.56 Å². The van der Waals surface area contributed by atoms with Crippen molar-refractivity contribution in [3.05, 3.63) is 35.9 Å². The van der Waals surface area contributed by atoms with Gasteiger partial charge in [-0.1, -0.05) is 24.6 Å². The Kier molecular flexibility index (Phi) is 5.29. The van der Waals surface area contributed by atoms with Gasteiger partial charge in [-0.25, -0.2) is 10.2 Å². The molecule has 1 N–H and O–H groups in total. The summed E-state index contributed by atoms with van der Waals surface area (Å²) in [5.41, 5.74) is 2.79. The molecule has 0 spiro atoms. The Balaban J connectivity index is 1.75. The van der Waals surface area contributed by atoms with Gasteiger partial charge in [0.25, 0.3) is 5.91 Å². The van der Waals surface area contributed by atoms with E-state index in [0.717, 1.165) is 31.9 Å². The van der Waals surface area contributed by atoms with Gasteiger partial charge in [-0.15, -0.1) is 0 Å². The van der Waals surface area contributed by atoms with E-state index in [1.165, 1.54) is 6.42 Å². The van der Waals surface area contributed by atoms with Crippen molar-refractivity contribution in [2.75, 3.05) is 0 Å². The molecule has 0 radical (unpaired) electrons. The molecule has 0 saturated heterocycles. The van der Waals surface area contributed by atoms with E-state index in [-0.39, 0.29) is 12.0 Å². The number of amides is 1. The number of carbonyl (C=O) groups excluding carboxylic acids is 2. The van der Waals surface area contributed by atoms with E-state index >= 15 is 0 Å². The van der Waals surface area contributed by atoms with Crippen molar-refractivity contribution in [3.63, 3.8) is 0 Å². The lowest BCUT2D eigenvalue weighted by atomic mass is 9.98. The highest BCUT2D eigenvalue weighted by molar-refractivity contribution is 6.23. The lowest BCUT2D eigenvalue weighted by Crippen LogP contribution is -2.23. The molecule has 1 fully saturated rings. The largest absolute Gasteiger partial charge is 0.458 e. The Labute approximate surface area is 118 Å². The van der Waals surface area contributed by atoms with Crippen LogP contribution < -0.4 is 5.43 Å². The van der Waals surface area contributed by atoms with Crippen LogP contribution in [0.3, 0.4) is 0 Å². The number of hydrazone groups is 1. The summed E-state index contributed by atoms with van der Waals surface area (Å²) in [6, 6.07) is 8.68. The fourth-order valence-electron chi connectivity index (χ4n) is 2.18. The first-order valence-electron chi connectivity index (χ1n) is 6.85. The third kappa shape index (κ3) is 4.50. The van der Waals surface area contributed by atoms with Gasteiger partial charge in [0.05, 0.1) is 0 Å². The highest BCUT2D eigenvalue weighted by Gasteiger charge is 2.16. The molecular weight excluding hydrogens is 256 g/mol. The molecule has 1 aliphatic carbocycles. The number of nitrogens with zero attached hydrogens (tertiary/aromatic N) is 1. The molecule has 0 aromatic heterocycles. The summed E-state index contributed by atoms with van der Waals surface area (Å²) in [5, 5.41) is 3.61. The molecule has 0 heterocycles. The minimum absolute atomic E-state index is 0.00692. The molecule has 5 heteroatoms. The van der Waals surface area contributed by atoms with Gasteiger partial charge in [0, 0.05) is 5.56 Å². The monoisotopic (exact) mass is 274 g/mol. The molecule has 1 aromatic rings. The van der Waals surface area contributed by atoms with Crippen LogP contribution >= 0.6 is 0 Å². The van der Waals surface area contributed by atoms with E-state index in [9.17, 15) is 9.59 Å². The maximum Gasteiger partial charge on any atom is 0.351 e. The maximum atomic E-state index is 11.6. The van der Waals surface area contributed by atoms with Crippen molar-refractivity contribution < 1.29 is 14.3 Å². The zero-order valence-electron chi connectivity index (χ0n) is 11.2. The summed E-state index contributed by atoms with van der Waals surface area (Å²) < 4.78 is 5.24. The SMILES string of the molecule is O=C(/C=N/NC(=O)c1ccccc1)OC1CCCCC1. The number of ether oxygens (including phenoxy) is 1. The fourth-order valence-corrected chi connectivity index (χ4v) is 2.18. The minimum Gasteiger partial charge on any atom is -0.458 e. The molecule has 0 atom stereocenters. The zero-order chi connectivity index (χ0) is 14.2. The number of hydrogen-bond donors (Lipinski definition) is 1. The van der Waals surface area contributed by atoms with Crippen LogP contribution in [0, 0.1) is 0 Å². The summed E-state index contributed by atoms with van der Waals surface area (Å²) in [7, 11) is 0. The predicted molar refractivity (Wildman–Crippen MR) is 75.4 cm³/mol. The van der Waals surface area contributed by atoms with Crippen molar-refractivity contribution in [1.29, 1.82) is 0 Å². The lowest BCUT2D eigenvalue weighted by Gasteiger charge is -2.20. The van der Waals surface area contributed by atoms with Gasteiger partial charge in [0.1, 0.15) is 12.3 Å². The van der Waals surface area contributed by atoms with Gasteiger partial charge in [0.2, 0.25) is 0 Å². The van der Waals surface area contributed by atoms with Gasteiger partial charge < -0.3 is 4.74 Å². The Hall–Kier alpha value is -2.17. The second kappa shape index (κ2) is 7.43. The van der Waals surface area contributed by atoms with Crippen LogP contribution in [-0.4, -0.2) is 24.2 Å². The quantitative estimate of drug-likeness (QED) is 0.520. The molecule has 0 unspecified atom stereocenters. The van der Waals surface area contributed by atoms with E-state index in [4.69, 9.17) is 4.74 Å². The highest BCUT2D eigenvalue weighted by atomic mass is 16.5. The Bertz CT molecular complexity index is 479. The average molecular weight is 274 g/mol. The van der Waals surface area contributed by atoms with Crippen molar-refractivity contribution in [3.8, 4) is 0 Å². The molecule has 5 nitrogen and oxygen atoms in total. The third-order valence-corrected chi connectivity index (χ3v) is 3.21. The molecule has 20 heavy (non-hydrogen) atoms. The first-order chi connectivity index (χ1) is 9.75. The van der Waals surface area contributed by atoms with Crippen LogP contribution in [0.2, 0.25) is 0 Å². The average Bonchev–Trinajstić information content (AvgIpc) is 2.49. The normalized spacial score (nSPS) is 16.0. The van der Waals surface area contributed by atoms with Gasteiger partial charge in [-0.2, -0.15) is 5.10 Å². The molecule has 2 rings (SSSR count). The van der Waals surface area contributed by atoms with Crippen molar-refractivity contribution in [2.24, 2.45) is 5.10 Å². The summed E-state index contributed by atoms with van der Waals surface area (Å²) >= 11 is 0. The number of esters is 1. The molecule has 1 amide bonds.